The van der Waals surface area contributed by atoms with Crippen molar-refractivity contribution in [1.82, 2.24) is 19.5 Å². The van der Waals surface area contributed by atoms with Crippen LogP contribution in [0.4, 0.5) is 19.0 Å². The van der Waals surface area contributed by atoms with Gasteiger partial charge in [0.2, 0.25) is 0 Å². The first kappa shape index (κ1) is 17.5. The van der Waals surface area contributed by atoms with E-state index in [1.54, 1.807) is 0 Å². The Hall–Kier alpha value is -2.88. The molecule has 3 heterocycles. The second kappa shape index (κ2) is 6.69. The number of imidazole rings is 1. The average molecular weight is 379 g/mol. The monoisotopic (exact) mass is 379 g/mol. The summed E-state index contributed by atoms with van der Waals surface area (Å²) in [6.07, 6.45) is 0.0707. The van der Waals surface area contributed by atoms with Crippen LogP contribution in [0.5, 0.6) is 0 Å². The molecule has 1 saturated heterocycles. The number of aromatic nitrogens is 4. The number of ether oxygens (including phenoxy) is 1. The van der Waals surface area contributed by atoms with Gasteiger partial charge >= 0.3 is 0 Å². The van der Waals surface area contributed by atoms with E-state index in [4.69, 9.17) is 4.74 Å². The van der Waals surface area contributed by atoms with Gasteiger partial charge in [-0.1, -0.05) is 0 Å². The summed E-state index contributed by atoms with van der Waals surface area (Å²) in [5, 5.41) is 0. The number of halogens is 3. The first-order chi connectivity index (χ1) is 12.9. The molecule has 0 unspecified atom stereocenters. The molecule has 27 heavy (non-hydrogen) atoms. The number of H-pyrrole nitrogens is 1. The van der Waals surface area contributed by atoms with Crippen LogP contribution in [0.1, 0.15) is 11.6 Å². The number of aromatic amines is 1. The molecule has 7 nitrogen and oxygen atoms in total. The van der Waals surface area contributed by atoms with E-state index in [1.165, 1.54) is 17.7 Å². The van der Waals surface area contributed by atoms with Crippen LogP contribution in [-0.2, 0) is 18.2 Å². The van der Waals surface area contributed by atoms with E-state index in [9.17, 15) is 18.0 Å². The molecule has 4 rings (SSSR count). The lowest BCUT2D eigenvalue weighted by molar-refractivity contribution is 0.122. The molecular weight excluding hydrogens is 363 g/mol. The fraction of sp³-hybridized carbons (Fsp3) is 0.353. The van der Waals surface area contributed by atoms with Gasteiger partial charge in [0.05, 0.1) is 25.2 Å². The highest BCUT2D eigenvalue weighted by molar-refractivity contribution is 5.77. The minimum absolute atomic E-state index is 0.00409. The number of nitrogens with zero attached hydrogens (tertiary/aromatic N) is 4. The molecule has 142 valence electrons. The van der Waals surface area contributed by atoms with Gasteiger partial charge in [0.25, 0.3) is 5.56 Å². The molecule has 0 aliphatic carbocycles. The summed E-state index contributed by atoms with van der Waals surface area (Å²) in [7, 11) is 1.50. The van der Waals surface area contributed by atoms with Crippen LogP contribution in [0, 0.1) is 17.5 Å². The van der Waals surface area contributed by atoms with Crippen LogP contribution in [0.25, 0.3) is 11.0 Å². The van der Waals surface area contributed by atoms with Crippen molar-refractivity contribution < 1.29 is 17.9 Å². The average Bonchev–Trinajstić information content (AvgIpc) is 2.95. The van der Waals surface area contributed by atoms with Gasteiger partial charge in [-0.25, -0.2) is 23.1 Å². The predicted molar refractivity (Wildman–Crippen MR) is 91.3 cm³/mol. The molecule has 1 aromatic carbocycles. The number of rotatable bonds is 3. The molecule has 1 aliphatic heterocycles. The maximum absolute atomic E-state index is 14.1. The Labute approximate surface area is 151 Å². The Kier molecular flexibility index (Phi) is 4.34. The predicted octanol–water partition coefficient (Wildman–Crippen LogP) is 1.50. The van der Waals surface area contributed by atoms with Crippen LogP contribution in [0.3, 0.4) is 0 Å². The summed E-state index contributed by atoms with van der Waals surface area (Å²) in [5.74, 6) is -2.99. The van der Waals surface area contributed by atoms with Gasteiger partial charge in [-0.15, -0.1) is 0 Å². The third-order valence-electron chi connectivity index (χ3n) is 4.53. The second-order valence-electron chi connectivity index (χ2n) is 6.27. The van der Waals surface area contributed by atoms with Crippen molar-refractivity contribution in [2.45, 2.75) is 6.42 Å². The maximum atomic E-state index is 14.1. The van der Waals surface area contributed by atoms with Crippen molar-refractivity contribution in [1.29, 1.82) is 0 Å². The van der Waals surface area contributed by atoms with E-state index >= 15 is 0 Å². The van der Waals surface area contributed by atoms with Crippen molar-refractivity contribution >= 4 is 16.9 Å². The summed E-state index contributed by atoms with van der Waals surface area (Å²) >= 11 is 0. The SMILES string of the molecule is Cn1c(Cc2nc(N3CCOCC3)cc(=O)[nH]2)nc2cc(F)c(F)c(F)c21. The number of hydrogen-bond donors (Lipinski definition) is 1. The van der Waals surface area contributed by atoms with Gasteiger partial charge in [-0.05, 0) is 0 Å². The molecule has 0 radical (unpaired) electrons. The Morgan fingerprint density at radius 1 is 1.15 bits per heavy atom. The molecule has 0 amide bonds. The Balaban J connectivity index is 1.72. The third-order valence-corrected chi connectivity index (χ3v) is 4.53. The van der Waals surface area contributed by atoms with Gasteiger partial charge in [-0.3, -0.25) is 4.79 Å². The summed E-state index contributed by atoms with van der Waals surface area (Å²) in [6.45, 7) is 2.33. The van der Waals surface area contributed by atoms with Crippen molar-refractivity contribution in [2.24, 2.45) is 7.05 Å². The van der Waals surface area contributed by atoms with E-state index in [1.807, 2.05) is 4.90 Å². The lowest BCUT2D eigenvalue weighted by Crippen LogP contribution is -2.37. The molecule has 1 aliphatic rings. The van der Waals surface area contributed by atoms with E-state index < -0.39 is 17.5 Å². The number of aryl methyl sites for hydroxylation is 1. The molecule has 0 spiro atoms. The van der Waals surface area contributed by atoms with Crippen molar-refractivity contribution in [3.05, 3.63) is 51.6 Å². The molecule has 2 aromatic heterocycles. The molecule has 0 bridgehead atoms. The zero-order chi connectivity index (χ0) is 19.1. The molecule has 1 fully saturated rings. The third kappa shape index (κ3) is 3.16. The van der Waals surface area contributed by atoms with E-state index in [0.29, 0.717) is 43.8 Å². The van der Waals surface area contributed by atoms with Crippen LogP contribution >= 0.6 is 0 Å². The molecule has 0 saturated carbocycles. The summed E-state index contributed by atoms with van der Waals surface area (Å²) < 4.78 is 47.7. The van der Waals surface area contributed by atoms with Crippen LogP contribution in [0.15, 0.2) is 16.9 Å². The lowest BCUT2D eigenvalue weighted by Gasteiger charge is -2.27. The maximum Gasteiger partial charge on any atom is 0.252 e. The quantitative estimate of drug-likeness (QED) is 0.698. The normalized spacial score (nSPS) is 14.9. The largest absolute Gasteiger partial charge is 0.378 e. The minimum Gasteiger partial charge on any atom is -0.378 e. The molecular formula is C17H16F3N5O2. The van der Waals surface area contributed by atoms with E-state index in [0.717, 1.165) is 6.07 Å². The smallest absolute Gasteiger partial charge is 0.252 e. The molecule has 1 N–H and O–H groups in total. The number of morpholine rings is 1. The molecule has 10 heteroatoms. The molecule has 3 aromatic rings. The van der Waals surface area contributed by atoms with Gasteiger partial charge in [-0.2, -0.15) is 0 Å². The highest BCUT2D eigenvalue weighted by atomic mass is 19.2. The standard InChI is InChI=1S/C17H16F3N5O2/c1-24-12(21-10-6-9(18)15(19)16(20)17(10)24)7-11-22-13(8-14(26)23-11)25-2-4-27-5-3-25/h6,8H,2-5,7H2,1H3,(H,22,23,26). The number of anilines is 1. The minimum atomic E-state index is -1.54. The Bertz CT molecular complexity index is 1070. The number of benzene rings is 1. The fourth-order valence-corrected chi connectivity index (χ4v) is 3.16. The van der Waals surface area contributed by atoms with Crippen LogP contribution in [0.2, 0.25) is 0 Å². The summed E-state index contributed by atoms with van der Waals surface area (Å²) in [4.78, 5) is 25.2. The van der Waals surface area contributed by atoms with Crippen molar-refractivity contribution in [3.8, 4) is 0 Å². The van der Waals surface area contributed by atoms with Crippen molar-refractivity contribution in [3.63, 3.8) is 0 Å². The fourth-order valence-electron chi connectivity index (χ4n) is 3.16. The van der Waals surface area contributed by atoms with Crippen LogP contribution < -0.4 is 10.5 Å². The first-order valence-electron chi connectivity index (χ1n) is 8.36. The van der Waals surface area contributed by atoms with Gasteiger partial charge in [0.15, 0.2) is 17.5 Å². The topological polar surface area (TPSA) is 76.0 Å². The van der Waals surface area contributed by atoms with Gasteiger partial charge in [0.1, 0.15) is 23.0 Å². The van der Waals surface area contributed by atoms with E-state index in [2.05, 4.69) is 15.0 Å². The lowest BCUT2D eigenvalue weighted by atomic mass is 10.3. The van der Waals surface area contributed by atoms with Gasteiger partial charge in [0, 0.05) is 32.3 Å². The number of fused-ring (bicyclic) bond motifs is 1. The number of nitrogens with one attached hydrogen (secondary N) is 1. The van der Waals surface area contributed by atoms with E-state index in [-0.39, 0.29) is 23.0 Å². The zero-order valence-corrected chi connectivity index (χ0v) is 14.4. The zero-order valence-electron chi connectivity index (χ0n) is 14.4. The highest BCUT2D eigenvalue weighted by Gasteiger charge is 2.20. The van der Waals surface area contributed by atoms with Crippen molar-refractivity contribution in [2.75, 3.05) is 31.2 Å². The Morgan fingerprint density at radius 3 is 2.63 bits per heavy atom. The summed E-state index contributed by atoms with van der Waals surface area (Å²) in [6, 6.07) is 2.24. The molecule has 0 atom stereocenters. The van der Waals surface area contributed by atoms with Crippen LogP contribution in [-0.4, -0.2) is 45.8 Å². The highest BCUT2D eigenvalue weighted by Crippen LogP contribution is 2.24. The number of hydrogen-bond acceptors (Lipinski definition) is 5. The first-order valence-corrected chi connectivity index (χ1v) is 8.36. The Morgan fingerprint density at radius 2 is 1.89 bits per heavy atom. The summed E-state index contributed by atoms with van der Waals surface area (Å²) in [5.41, 5.74) is -0.477. The second-order valence-corrected chi connectivity index (χ2v) is 6.27. The van der Waals surface area contributed by atoms with Gasteiger partial charge < -0.3 is 19.2 Å².